The van der Waals surface area contributed by atoms with Crippen LogP contribution in [0.3, 0.4) is 0 Å². The van der Waals surface area contributed by atoms with Gasteiger partial charge >= 0.3 is 0 Å². The Morgan fingerprint density at radius 1 is 0.733 bits per heavy atom. The normalized spacial score (nSPS) is 18.0. The minimum Gasteiger partial charge on any atom is -0.293 e. The molecule has 0 N–H and O–H groups in total. The highest BCUT2D eigenvalue weighted by atomic mass is 19.1. The van der Waals surface area contributed by atoms with Crippen molar-refractivity contribution in [3.8, 4) is 0 Å². The molecule has 1 aliphatic carbocycles. The number of carbonyl (C=O) groups is 2. The Hall–Kier alpha value is -3.66. The second-order valence-electron chi connectivity index (χ2n) is 7.21. The predicted molar refractivity (Wildman–Crippen MR) is 111 cm³/mol. The quantitative estimate of drug-likeness (QED) is 0.503. The van der Waals surface area contributed by atoms with Gasteiger partial charge in [-0.3, -0.25) is 9.59 Å². The number of Topliss-reactive ketones (excluding diaryl/α,β-unsaturated/α-hetero) is 2. The minimum atomic E-state index is -0.994. The van der Waals surface area contributed by atoms with Crippen molar-refractivity contribution in [3.63, 3.8) is 0 Å². The summed E-state index contributed by atoms with van der Waals surface area (Å²) in [6, 6.07) is 20.1. The topological polar surface area (TPSA) is 34.1 Å². The second kappa shape index (κ2) is 7.99. The van der Waals surface area contributed by atoms with Crippen molar-refractivity contribution in [2.45, 2.75) is 11.8 Å². The van der Waals surface area contributed by atoms with E-state index in [0.717, 1.165) is 5.56 Å². The Labute approximate surface area is 173 Å². The van der Waals surface area contributed by atoms with E-state index < -0.39 is 17.0 Å². The number of hydrogen-bond donors (Lipinski definition) is 0. The van der Waals surface area contributed by atoms with Crippen molar-refractivity contribution in [1.29, 1.82) is 0 Å². The standard InChI is InChI=1S/C26H18F2O2/c27-22-10-6-18(7-11-22)24(29)19-14-16-26(17-15-19,21-4-2-1-3-5-21)25(30)20-8-12-23(28)13-9-20/h1-16H,17H2. The molecular weight excluding hydrogens is 382 g/mol. The summed E-state index contributed by atoms with van der Waals surface area (Å²) in [4.78, 5) is 26.3. The van der Waals surface area contributed by atoms with Crippen LogP contribution in [-0.4, -0.2) is 11.6 Å². The van der Waals surface area contributed by atoms with Crippen molar-refractivity contribution < 1.29 is 18.4 Å². The van der Waals surface area contributed by atoms with Crippen LogP contribution in [0.2, 0.25) is 0 Å². The summed E-state index contributed by atoms with van der Waals surface area (Å²) >= 11 is 0. The second-order valence-corrected chi connectivity index (χ2v) is 7.21. The Morgan fingerprint density at radius 3 is 1.83 bits per heavy atom. The minimum absolute atomic E-state index is 0.172. The number of rotatable bonds is 5. The number of ketones is 2. The van der Waals surface area contributed by atoms with Crippen LogP contribution in [0.15, 0.2) is 103 Å². The van der Waals surface area contributed by atoms with Gasteiger partial charge in [0.15, 0.2) is 11.6 Å². The molecule has 4 rings (SSSR count). The fraction of sp³-hybridized carbons (Fsp3) is 0.0769. The molecule has 0 saturated heterocycles. The molecule has 148 valence electrons. The highest BCUT2D eigenvalue weighted by Crippen LogP contribution is 2.38. The van der Waals surface area contributed by atoms with Crippen LogP contribution >= 0.6 is 0 Å². The van der Waals surface area contributed by atoms with E-state index in [1.807, 2.05) is 30.3 Å². The van der Waals surface area contributed by atoms with E-state index in [-0.39, 0.29) is 18.0 Å². The Morgan fingerprint density at radius 2 is 1.30 bits per heavy atom. The van der Waals surface area contributed by atoms with E-state index >= 15 is 0 Å². The summed E-state index contributed by atoms with van der Waals surface area (Å²) in [5, 5.41) is 0. The maximum Gasteiger partial charge on any atom is 0.192 e. The first-order valence-electron chi connectivity index (χ1n) is 9.55. The summed E-state index contributed by atoms with van der Waals surface area (Å²) in [6.45, 7) is 0. The van der Waals surface area contributed by atoms with Crippen LogP contribution in [0.25, 0.3) is 0 Å². The summed E-state index contributed by atoms with van der Waals surface area (Å²) in [5.41, 5.74) is 1.02. The molecule has 2 nitrogen and oxygen atoms in total. The zero-order valence-corrected chi connectivity index (χ0v) is 16.0. The third-order valence-corrected chi connectivity index (χ3v) is 5.36. The molecule has 0 aromatic heterocycles. The van der Waals surface area contributed by atoms with Gasteiger partial charge in [-0.1, -0.05) is 48.6 Å². The smallest absolute Gasteiger partial charge is 0.192 e. The van der Waals surface area contributed by atoms with E-state index in [0.29, 0.717) is 16.7 Å². The number of allylic oxidation sites excluding steroid dienone is 4. The van der Waals surface area contributed by atoms with Gasteiger partial charge < -0.3 is 0 Å². The number of halogens is 2. The Kier molecular flexibility index (Phi) is 5.23. The Bertz CT molecular complexity index is 1140. The zero-order valence-electron chi connectivity index (χ0n) is 16.0. The average molecular weight is 400 g/mol. The molecule has 3 aromatic rings. The van der Waals surface area contributed by atoms with Gasteiger partial charge in [0.05, 0.1) is 5.41 Å². The third-order valence-electron chi connectivity index (χ3n) is 5.36. The third kappa shape index (κ3) is 3.64. The number of carbonyl (C=O) groups excluding carboxylic acids is 2. The molecule has 0 spiro atoms. The van der Waals surface area contributed by atoms with Crippen molar-refractivity contribution in [3.05, 3.63) is 131 Å². The van der Waals surface area contributed by atoms with Crippen LogP contribution < -0.4 is 0 Å². The summed E-state index contributed by atoms with van der Waals surface area (Å²) in [6.07, 6.45) is 5.40. The molecule has 0 aliphatic heterocycles. The monoisotopic (exact) mass is 400 g/mol. The summed E-state index contributed by atoms with van der Waals surface area (Å²) in [7, 11) is 0. The molecule has 0 saturated carbocycles. The lowest BCUT2D eigenvalue weighted by molar-refractivity contribution is 0.0913. The lowest BCUT2D eigenvalue weighted by atomic mass is 9.69. The fourth-order valence-corrected chi connectivity index (χ4v) is 3.68. The average Bonchev–Trinajstić information content (AvgIpc) is 2.80. The SMILES string of the molecule is O=C(C1=CCC(C(=O)c2ccc(F)cc2)(c2ccccc2)C=C1)c1ccc(F)cc1. The zero-order chi connectivity index (χ0) is 21.1. The lowest BCUT2D eigenvalue weighted by Crippen LogP contribution is -2.35. The van der Waals surface area contributed by atoms with E-state index in [1.165, 1.54) is 48.5 Å². The molecule has 1 unspecified atom stereocenters. The fourth-order valence-electron chi connectivity index (χ4n) is 3.68. The van der Waals surface area contributed by atoms with Crippen LogP contribution in [0, 0.1) is 11.6 Å². The molecule has 0 amide bonds. The van der Waals surface area contributed by atoms with Crippen LogP contribution in [-0.2, 0) is 5.41 Å². The Balaban J connectivity index is 1.70. The molecule has 3 aromatic carbocycles. The molecule has 0 bridgehead atoms. The highest BCUT2D eigenvalue weighted by molar-refractivity contribution is 6.12. The first kappa shape index (κ1) is 19.6. The van der Waals surface area contributed by atoms with Gasteiger partial charge in [0.25, 0.3) is 0 Å². The molecule has 30 heavy (non-hydrogen) atoms. The van der Waals surface area contributed by atoms with Gasteiger partial charge in [-0.25, -0.2) is 8.78 Å². The van der Waals surface area contributed by atoms with E-state index in [1.54, 1.807) is 18.2 Å². The number of benzene rings is 3. The largest absolute Gasteiger partial charge is 0.293 e. The van der Waals surface area contributed by atoms with Gasteiger partial charge in [-0.2, -0.15) is 0 Å². The summed E-state index contributed by atoms with van der Waals surface area (Å²) in [5.74, 6) is -1.23. The van der Waals surface area contributed by atoms with Crippen LogP contribution in [0.5, 0.6) is 0 Å². The maximum absolute atomic E-state index is 13.5. The van der Waals surface area contributed by atoms with Gasteiger partial charge in [0.2, 0.25) is 0 Å². The molecule has 0 radical (unpaired) electrons. The number of hydrogen-bond acceptors (Lipinski definition) is 2. The van der Waals surface area contributed by atoms with Crippen molar-refractivity contribution >= 4 is 11.6 Å². The van der Waals surface area contributed by atoms with Crippen molar-refractivity contribution in [2.24, 2.45) is 0 Å². The van der Waals surface area contributed by atoms with Gasteiger partial charge in [0.1, 0.15) is 11.6 Å². The van der Waals surface area contributed by atoms with E-state index in [4.69, 9.17) is 0 Å². The van der Waals surface area contributed by atoms with E-state index in [2.05, 4.69) is 0 Å². The molecule has 0 heterocycles. The molecule has 0 fully saturated rings. The molecular formula is C26H18F2O2. The maximum atomic E-state index is 13.5. The van der Waals surface area contributed by atoms with Crippen molar-refractivity contribution in [1.82, 2.24) is 0 Å². The molecule has 1 aliphatic rings. The summed E-state index contributed by atoms with van der Waals surface area (Å²) < 4.78 is 26.5. The van der Waals surface area contributed by atoms with Crippen LogP contribution in [0.4, 0.5) is 8.78 Å². The van der Waals surface area contributed by atoms with Gasteiger partial charge in [-0.15, -0.1) is 0 Å². The first-order valence-corrected chi connectivity index (χ1v) is 9.55. The first-order chi connectivity index (χ1) is 14.5. The van der Waals surface area contributed by atoms with Gasteiger partial charge in [-0.05, 0) is 60.5 Å². The lowest BCUT2D eigenvalue weighted by Gasteiger charge is -2.31. The molecule has 1 atom stereocenters. The van der Waals surface area contributed by atoms with Crippen LogP contribution in [0.1, 0.15) is 32.7 Å². The predicted octanol–water partition coefficient (Wildman–Crippen LogP) is 5.85. The van der Waals surface area contributed by atoms with E-state index in [9.17, 15) is 18.4 Å². The van der Waals surface area contributed by atoms with Crippen molar-refractivity contribution in [2.75, 3.05) is 0 Å². The highest BCUT2D eigenvalue weighted by Gasteiger charge is 2.39. The van der Waals surface area contributed by atoms with Gasteiger partial charge in [0, 0.05) is 16.7 Å². The molecule has 4 heteroatoms.